The molecular weight excluding hydrogens is 196 g/mol. The van der Waals surface area contributed by atoms with Crippen molar-refractivity contribution in [3.8, 4) is 0 Å². The van der Waals surface area contributed by atoms with E-state index in [1.165, 1.54) is 16.8 Å². The van der Waals surface area contributed by atoms with Gasteiger partial charge in [0.25, 0.3) is 0 Å². The minimum atomic E-state index is 0.878. The fourth-order valence-electron chi connectivity index (χ4n) is 1.97. The van der Waals surface area contributed by atoms with Crippen molar-refractivity contribution >= 4 is 11.4 Å². The molecule has 2 heteroatoms. The first-order valence-electron chi connectivity index (χ1n) is 5.82. The second-order valence-electron chi connectivity index (χ2n) is 4.14. The molecule has 0 saturated heterocycles. The van der Waals surface area contributed by atoms with Crippen LogP contribution < -0.4 is 10.6 Å². The topological polar surface area (TPSA) is 29.3 Å². The van der Waals surface area contributed by atoms with E-state index < -0.39 is 0 Å². The van der Waals surface area contributed by atoms with Gasteiger partial charge in [-0.1, -0.05) is 26.5 Å². The van der Waals surface area contributed by atoms with Crippen molar-refractivity contribution < 1.29 is 0 Å². The molecule has 0 aliphatic carbocycles. The lowest BCUT2D eigenvalue weighted by Gasteiger charge is -2.26. The van der Waals surface area contributed by atoms with Gasteiger partial charge in [-0.15, -0.1) is 0 Å². The Hall–Kier alpha value is -1.44. The smallest absolute Gasteiger partial charge is 0.0490 e. The van der Waals surface area contributed by atoms with Gasteiger partial charge >= 0.3 is 0 Å². The number of nitrogen functional groups attached to an aromatic ring is 1. The molecule has 1 aromatic rings. The second-order valence-corrected chi connectivity index (χ2v) is 4.14. The number of hydrogen-bond acceptors (Lipinski definition) is 2. The van der Waals surface area contributed by atoms with Crippen LogP contribution in [0.4, 0.5) is 11.4 Å². The Kier molecular flexibility index (Phi) is 3.99. The SMILES string of the molecule is C=C(C)N(C)c1c(CC)ccc(N)c1CC. The normalized spacial score (nSPS) is 10.2. The molecule has 1 aromatic carbocycles. The van der Waals surface area contributed by atoms with Gasteiger partial charge in [0.1, 0.15) is 0 Å². The first-order chi connectivity index (χ1) is 7.52. The molecule has 88 valence electrons. The summed E-state index contributed by atoms with van der Waals surface area (Å²) in [6.45, 7) is 10.3. The molecule has 0 saturated carbocycles. The van der Waals surface area contributed by atoms with Gasteiger partial charge in [-0.25, -0.2) is 0 Å². The quantitative estimate of drug-likeness (QED) is 0.785. The van der Waals surface area contributed by atoms with E-state index in [9.17, 15) is 0 Å². The summed E-state index contributed by atoms with van der Waals surface area (Å²) in [5, 5.41) is 0. The van der Waals surface area contributed by atoms with E-state index >= 15 is 0 Å². The molecule has 0 spiro atoms. The van der Waals surface area contributed by atoms with Gasteiger partial charge in [-0.2, -0.15) is 0 Å². The Morgan fingerprint density at radius 1 is 1.31 bits per heavy atom. The molecule has 0 heterocycles. The summed E-state index contributed by atoms with van der Waals surface area (Å²) in [4.78, 5) is 2.13. The van der Waals surface area contributed by atoms with Crippen molar-refractivity contribution in [3.05, 3.63) is 35.5 Å². The fraction of sp³-hybridized carbons (Fsp3) is 0.429. The monoisotopic (exact) mass is 218 g/mol. The molecule has 1 rings (SSSR count). The lowest BCUT2D eigenvalue weighted by atomic mass is 10.00. The number of hydrogen-bond donors (Lipinski definition) is 1. The van der Waals surface area contributed by atoms with Gasteiger partial charge in [0, 0.05) is 24.1 Å². The predicted molar refractivity (Wildman–Crippen MR) is 72.8 cm³/mol. The summed E-state index contributed by atoms with van der Waals surface area (Å²) >= 11 is 0. The van der Waals surface area contributed by atoms with E-state index in [0.717, 1.165) is 24.2 Å². The van der Waals surface area contributed by atoms with E-state index in [4.69, 9.17) is 5.73 Å². The summed E-state index contributed by atoms with van der Waals surface area (Å²) in [6.07, 6.45) is 1.97. The largest absolute Gasteiger partial charge is 0.398 e. The average Bonchev–Trinajstić information content (AvgIpc) is 2.27. The zero-order valence-electron chi connectivity index (χ0n) is 10.8. The fourth-order valence-corrected chi connectivity index (χ4v) is 1.97. The maximum absolute atomic E-state index is 6.04. The van der Waals surface area contributed by atoms with Crippen molar-refractivity contribution in [2.45, 2.75) is 33.6 Å². The van der Waals surface area contributed by atoms with Gasteiger partial charge in [0.05, 0.1) is 0 Å². The number of nitrogens with two attached hydrogens (primary N) is 1. The zero-order chi connectivity index (χ0) is 12.3. The van der Waals surface area contributed by atoms with Crippen LogP contribution in [0.3, 0.4) is 0 Å². The third-order valence-electron chi connectivity index (χ3n) is 3.04. The Morgan fingerprint density at radius 2 is 1.94 bits per heavy atom. The van der Waals surface area contributed by atoms with Crippen molar-refractivity contribution in [2.24, 2.45) is 0 Å². The van der Waals surface area contributed by atoms with Gasteiger partial charge in [-0.3, -0.25) is 0 Å². The Labute approximate surface area is 98.8 Å². The summed E-state index contributed by atoms with van der Waals surface area (Å²) in [5.41, 5.74) is 11.7. The third kappa shape index (κ3) is 2.21. The van der Waals surface area contributed by atoms with Crippen LogP contribution >= 0.6 is 0 Å². The molecule has 0 radical (unpaired) electrons. The minimum absolute atomic E-state index is 0.878. The molecule has 2 nitrogen and oxygen atoms in total. The predicted octanol–water partition coefficient (Wildman–Crippen LogP) is 3.36. The first-order valence-corrected chi connectivity index (χ1v) is 5.82. The maximum atomic E-state index is 6.04. The van der Waals surface area contributed by atoms with Crippen LogP contribution in [-0.2, 0) is 12.8 Å². The lowest BCUT2D eigenvalue weighted by Crippen LogP contribution is -2.18. The van der Waals surface area contributed by atoms with E-state index in [0.29, 0.717) is 0 Å². The van der Waals surface area contributed by atoms with Crippen LogP contribution in [0.25, 0.3) is 0 Å². The summed E-state index contributed by atoms with van der Waals surface area (Å²) in [5.74, 6) is 0. The Balaban J connectivity index is 3.41. The molecule has 0 unspecified atom stereocenters. The van der Waals surface area contributed by atoms with E-state index in [1.807, 2.05) is 13.0 Å². The highest BCUT2D eigenvalue weighted by molar-refractivity contribution is 5.70. The highest BCUT2D eigenvalue weighted by Crippen LogP contribution is 2.32. The number of anilines is 2. The first kappa shape index (κ1) is 12.6. The molecule has 0 fully saturated rings. The molecule has 0 aromatic heterocycles. The van der Waals surface area contributed by atoms with Crippen LogP contribution in [-0.4, -0.2) is 7.05 Å². The maximum Gasteiger partial charge on any atom is 0.0490 e. The number of rotatable bonds is 4. The van der Waals surface area contributed by atoms with Gasteiger partial charge in [0.15, 0.2) is 0 Å². The lowest BCUT2D eigenvalue weighted by molar-refractivity contribution is 1.01. The number of aryl methyl sites for hydroxylation is 1. The van der Waals surface area contributed by atoms with Crippen molar-refractivity contribution in [2.75, 3.05) is 17.7 Å². The summed E-state index contributed by atoms with van der Waals surface area (Å²) < 4.78 is 0. The Morgan fingerprint density at radius 3 is 2.38 bits per heavy atom. The molecule has 0 atom stereocenters. The van der Waals surface area contributed by atoms with E-state index in [1.54, 1.807) is 0 Å². The minimum Gasteiger partial charge on any atom is -0.398 e. The van der Waals surface area contributed by atoms with Gasteiger partial charge < -0.3 is 10.6 Å². The highest BCUT2D eigenvalue weighted by atomic mass is 15.1. The van der Waals surface area contributed by atoms with Crippen molar-refractivity contribution in [1.29, 1.82) is 0 Å². The number of allylic oxidation sites excluding steroid dienone is 1. The van der Waals surface area contributed by atoms with Crippen LogP contribution in [0.5, 0.6) is 0 Å². The molecule has 0 aliphatic rings. The molecular formula is C14H22N2. The van der Waals surface area contributed by atoms with Crippen LogP contribution in [0.1, 0.15) is 31.9 Å². The van der Waals surface area contributed by atoms with E-state index in [-0.39, 0.29) is 0 Å². The van der Waals surface area contributed by atoms with Crippen LogP contribution in [0, 0.1) is 0 Å². The van der Waals surface area contributed by atoms with Gasteiger partial charge in [-0.05, 0) is 37.0 Å². The van der Waals surface area contributed by atoms with Crippen LogP contribution in [0.2, 0.25) is 0 Å². The molecule has 2 N–H and O–H groups in total. The van der Waals surface area contributed by atoms with Crippen LogP contribution in [0.15, 0.2) is 24.4 Å². The molecule has 0 aliphatic heterocycles. The van der Waals surface area contributed by atoms with E-state index in [2.05, 4.69) is 38.4 Å². The second kappa shape index (κ2) is 5.06. The number of nitrogens with zero attached hydrogens (tertiary/aromatic N) is 1. The summed E-state index contributed by atoms with van der Waals surface area (Å²) in [7, 11) is 2.05. The zero-order valence-corrected chi connectivity index (χ0v) is 10.8. The van der Waals surface area contributed by atoms with Crippen molar-refractivity contribution in [1.82, 2.24) is 0 Å². The molecule has 0 amide bonds. The number of benzene rings is 1. The standard InChI is InChI=1S/C14H22N2/c1-6-11-8-9-13(15)12(7-2)14(11)16(5)10(3)4/h8-9H,3,6-7,15H2,1-2,4-5H3. The average molecular weight is 218 g/mol. The summed E-state index contributed by atoms with van der Waals surface area (Å²) in [6, 6.07) is 4.12. The van der Waals surface area contributed by atoms with Gasteiger partial charge in [0.2, 0.25) is 0 Å². The van der Waals surface area contributed by atoms with Crippen molar-refractivity contribution in [3.63, 3.8) is 0 Å². The molecule has 0 bridgehead atoms. The highest BCUT2D eigenvalue weighted by Gasteiger charge is 2.13. The molecule has 16 heavy (non-hydrogen) atoms. The third-order valence-corrected chi connectivity index (χ3v) is 3.04. The Bertz CT molecular complexity index is 394.